The second-order valence-electron chi connectivity index (χ2n) is 2.68. The summed E-state index contributed by atoms with van der Waals surface area (Å²) < 4.78 is 5.00. The number of aromatic nitrogens is 3. The molecule has 0 saturated heterocycles. The average Bonchev–Trinajstić information content (AvgIpc) is 2.71. The van der Waals surface area contributed by atoms with Crippen molar-refractivity contribution in [1.82, 2.24) is 15.2 Å². The highest BCUT2D eigenvalue weighted by molar-refractivity contribution is 6.33. The zero-order valence-corrected chi connectivity index (χ0v) is 8.25. The third-order valence-corrected chi connectivity index (χ3v) is 2.13. The van der Waals surface area contributed by atoms with Gasteiger partial charge in [-0.3, -0.25) is 5.10 Å². The number of hydrogen-bond acceptors (Lipinski definition) is 3. The van der Waals surface area contributed by atoms with E-state index in [1.807, 2.05) is 6.07 Å². The predicted octanol–water partition coefficient (Wildman–Crippen LogP) is 2.13. The number of aromatic amines is 1. The Bertz CT molecular complexity index is 428. The van der Waals surface area contributed by atoms with Gasteiger partial charge in [0.25, 0.3) is 0 Å². The Kier molecular flexibility index (Phi) is 2.37. The molecule has 0 radical (unpaired) electrons. The van der Waals surface area contributed by atoms with Crippen LogP contribution in [-0.4, -0.2) is 22.3 Å². The van der Waals surface area contributed by atoms with E-state index in [4.69, 9.17) is 16.3 Å². The molecule has 0 aromatic carbocycles. The van der Waals surface area contributed by atoms with Crippen molar-refractivity contribution in [1.29, 1.82) is 0 Å². The van der Waals surface area contributed by atoms with Crippen molar-refractivity contribution in [2.24, 2.45) is 0 Å². The van der Waals surface area contributed by atoms with Crippen LogP contribution in [0.5, 0.6) is 5.88 Å². The minimum absolute atomic E-state index is 0.527. The molecular formula is C9H8ClN3O. The number of ether oxygens (including phenoxy) is 1. The molecule has 0 fully saturated rings. The van der Waals surface area contributed by atoms with Crippen LogP contribution in [0.2, 0.25) is 5.02 Å². The molecule has 0 atom stereocenters. The smallest absolute Gasteiger partial charge is 0.213 e. The van der Waals surface area contributed by atoms with Gasteiger partial charge in [0.2, 0.25) is 5.88 Å². The van der Waals surface area contributed by atoms with Crippen LogP contribution in [0.15, 0.2) is 24.5 Å². The van der Waals surface area contributed by atoms with Gasteiger partial charge in [-0.2, -0.15) is 5.10 Å². The van der Waals surface area contributed by atoms with E-state index < -0.39 is 0 Å². The van der Waals surface area contributed by atoms with Gasteiger partial charge in [-0.15, -0.1) is 0 Å². The van der Waals surface area contributed by atoms with E-state index in [1.165, 1.54) is 0 Å². The quantitative estimate of drug-likeness (QED) is 0.825. The highest BCUT2D eigenvalue weighted by Crippen LogP contribution is 2.27. The fourth-order valence-electron chi connectivity index (χ4n) is 1.14. The molecule has 2 heterocycles. The number of pyridine rings is 1. The van der Waals surface area contributed by atoms with Gasteiger partial charge in [0.15, 0.2) is 0 Å². The molecule has 0 spiro atoms. The lowest BCUT2D eigenvalue weighted by Crippen LogP contribution is -1.89. The molecule has 2 rings (SSSR count). The second-order valence-corrected chi connectivity index (χ2v) is 3.08. The highest BCUT2D eigenvalue weighted by Gasteiger charge is 2.06. The number of rotatable bonds is 2. The zero-order valence-electron chi connectivity index (χ0n) is 7.49. The number of methoxy groups -OCH3 is 1. The van der Waals surface area contributed by atoms with E-state index in [9.17, 15) is 0 Å². The maximum absolute atomic E-state index is 5.98. The van der Waals surface area contributed by atoms with Crippen molar-refractivity contribution in [2.45, 2.75) is 0 Å². The van der Waals surface area contributed by atoms with Gasteiger partial charge in [0.1, 0.15) is 0 Å². The first-order valence-corrected chi connectivity index (χ1v) is 4.38. The molecule has 4 nitrogen and oxygen atoms in total. The van der Waals surface area contributed by atoms with Crippen molar-refractivity contribution in [2.75, 3.05) is 7.11 Å². The summed E-state index contributed by atoms with van der Waals surface area (Å²) in [5, 5.41) is 7.24. The summed E-state index contributed by atoms with van der Waals surface area (Å²) in [5.41, 5.74) is 1.67. The summed E-state index contributed by atoms with van der Waals surface area (Å²) in [5.74, 6) is 0.527. The van der Waals surface area contributed by atoms with Gasteiger partial charge in [0.05, 0.1) is 24.0 Å². The summed E-state index contributed by atoms with van der Waals surface area (Å²) in [6.45, 7) is 0. The molecule has 0 aliphatic carbocycles. The Balaban J connectivity index is 2.51. The number of halogens is 1. The Morgan fingerprint density at radius 2 is 2.36 bits per heavy atom. The van der Waals surface area contributed by atoms with Crippen molar-refractivity contribution >= 4 is 11.6 Å². The van der Waals surface area contributed by atoms with Gasteiger partial charge in [-0.05, 0) is 6.07 Å². The molecule has 2 aromatic heterocycles. The van der Waals surface area contributed by atoms with Gasteiger partial charge >= 0.3 is 0 Å². The lowest BCUT2D eigenvalue weighted by atomic mass is 10.2. The van der Waals surface area contributed by atoms with Crippen LogP contribution in [0.1, 0.15) is 0 Å². The number of nitrogens with one attached hydrogen (secondary N) is 1. The lowest BCUT2D eigenvalue weighted by molar-refractivity contribution is 0.398. The lowest BCUT2D eigenvalue weighted by Gasteiger charge is -2.03. The van der Waals surface area contributed by atoms with E-state index in [-0.39, 0.29) is 0 Å². The first kappa shape index (κ1) is 9.02. The highest BCUT2D eigenvalue weighted by atomic mass is 35.5. The Morgan fingerprint density at radius 3 is 3.00 bits per heavy atom. The number of H-pyrrole nitrogens is 1. The van der Waals surface area contributed by atoms with Crippen LogP contribution in [-0.2, 0) is 0 Å². The number of hydrogen-bond donors (Lipinski definition) is 1. The van der Waals surface area contributed by atoms with Crippen LogP contribution in [0, 0.1) is 0 Å². The third kappa shape index (κ3) is 1.56. The zero-order chi connectivity index (χ0) is 9.97. The normalized spacial score (nSPS) is 10.1. The van der Waals surface area contributed by atoms with Gasteiger partial charge in [-0.25, -0.2) is 4.98 Å². The van der Waals surface area contributed by atoms with Crippen LogP contribution in [0.4, 0.5) is 0 Å². The van der Waals surface area contributed by atoms with Gasteiger partial charge < -0.3 is 4.74 Å². The standard InChI is InChI=1S/C9H8ClN3O/c1-14-9-4-6(7(10)5-11-9)8-2-3-12-13-8/h2-5H,1H3,(H,12,13). The van der Waals surface area contributed by atoms with E-state index in [0.29, 0.717) is 10.9 Å². The first-order valence-electron chi connectivity index (χ1n) is 4.00. The van der Waals surface area contributed by atoms with E-state index in [2.05, 4.69) is 15.2 Å². The maximum Gasteiger partial charge on any atom is 0.213 e. The first-order chi connectivity index (χ1) is 6.81. The molecule has 14 heavy (non-hydrogen) atoms. The Labute approximate surface area is 85.9 Å². The molecule has 0 unspecified atom stereocenters. The van der Waals surface area contributed by atoms with E-state index >= 15 is 0 Å². The fourth-order valence-corrected chi connectivity index (χ4v) is 1.35. The molecule has 0 amide bonds. The topological polar surface area (TPSA) is 50.8 Å². The van der Waals surface area contributed by atoms with Gasteiger partial charge in [-0.1, -0.05) is 11.6 Å². The van der Waals surface area contributed by atoms with Crippen molar-refractivity contribution in [3.8, 4) is 17.1 Å². The summed E-state index contributed by atoms with van der Waals surface area (Å²) in [4.78, 5) is 3.98. The molecule has 0 aliphatic rings. The van der Waals surface area contributed by atoms with Crippen molar-refractivity contribution in [3.63, 3.8) is 0 Å². The van der Waals surface area contributed by atoms with Crippen molar-refractivity contribution < 1.29 is 4.74 Å². The second kappa shape index (κ2) is 3.67. The molecule has 5 heteroatoms. The number of nitrogens with zero attached hydrogens (tertiary/aromatic N) is 2. The molecule has 0 aliphatic heterocycles. The van der Waals surface area contributed by atoms with Crippen molar-refractivity contribution in [3.05, 3.63) is 29.5 Å². The molecule has 0 bridgehead atoms. The van der Waals surface area contributed by atoms with Crippen LogP contribution in [0.3, 0.4) is 0 Å². The largest absolute Gasteiger partial charge is 0.481 e. The Hall–Kier alpha value is -1.55. The molecule has 1 N–H and O–H groups in total. The van der Waals surface area contributed by atoms with E-state index in [0.717, 1.165) is 11.3 Å². The predicted molar refractivity (Wildman–Crippen MR) is 53.4 cm³/mol. The maximum atomic E-state index is 5.98. The summed E-state index contributed by atoms with van der Waals surface area (Å²) in [6, 6.07) is 3.59. The molecule has 2 aromatic rings. The van der Waals surface area contributed by atoms with Gasteiger partial charge in [0, 0.05) is 17.8 Å². The van der Waals surface area contributed by atoms with E-state index in [1.54, 1.807) is 25.6 Å². The summed E-state index contributed by atoms with van der Waals surface area (Å²) in [7, 11) is 1.56. The van der Waals surface area contributed by atoms with Crippen LogP contribution < -0.4 is 4.74 Å². The fraction of sp³-hybridized carbons (Fsp3) is 0.111. The minimum atomic E-state index is 0.527. The molecule has 72 valence electrons. The SMILES string of the molecule is COc1cc(-c2ccn[nH]2)c(Cl)cn1. The van der Waals surface area contributed by atoms with Crippen LogP contribution >= 0.6 is 11.6 Å². The minimum Gasteiger partial charge on any atom is -0.481 e. The van der Waals surface area contributed by atoms with Crippen LogP contribution in [0.25, 0.3) is 11.3 Å². The summed E-state index contributed by atoms with van der Waals surface area (Å²) in [6.07, 6.45) is 3.22. The third-order valence-electron chi connectivity index (χ3n) is 1.83. The molecular weight excluding hydrogens is 202 g/mol. The monoisotopic (exact) mass is 209 g/mol. The molecule has 0 saturated carbocycles. The summed E-state index contributed by atoms with van der Waals surface area (Å²) >= 11 is 5.98. The Morgan fingerprint density at radius 1 is 1.50 bits per heavy atom. The average molecular weight is 210 g/mol.